The highest BCUT2D eigenvalue weighted by Gasteiger charge is 2.08. The number of para-hydroxylation sites is 1. The molecule has 1 N–H and O–H groups in total. The molecule has 0 heterocycles. The number of benzene rings is 2. The number of rotatable bonds is 21. The molecule has 2 aromatic rings. The molecule has 0 saturated carbocycles. The van der Waals surface area contributed by atoms with Crippen LogP contribution < -0.4 is 9.47 Å². The Bertz CT molecular complexity index is 983. The van der Waals surface area contributed by atoms with E-state index in [-0.39, 0.29) is 5.56 Å². The van der Waals surface area contributed by atoms with E-state index < -0.39 is 5.97 Å². The number of nitrogens with zero attached hydrogens (tertiary/aromatic N) is 1. The number of aliphatic imine (C=N–C) groups is 1. The zero-order chi connectivity index (χ0) is 27.3. The minimum absolute atomic E-state index is 0.173. The number of hydrogen-bond acceptors (Lipinski definition) is 4. The summed E-state index contributed by atoms with van der Waals surface area (Å²) in [5.74, 6) is 0.360. The number of allylic oxidation sites excluding steroid dienone is 2. The van der Waals surface area contributed by atoms with Gasteiger partial charge in [0.15, 0.2) is 11.5 Å². The van der Waals surface area contributed by atoms with Crippen molar-refractivity contribution in [3.05, 3.63) is 65.7 Å². The lowest BCUT2D eigenvalue weighted by Crippen LogP contribution is -2.00. The highest BCUT2D eigenvalue weighted by Crippen LogP contribution is 2.28. The maximum atomic E-state index is 11.4. The van der Waals surface area contributed by atoms with E-state index in [1.54, 1.807) is 37.6 Å². The van der Waals surface area contributed by atoms with Crippen molar-refractivity contribution >= 4 is 17.9 Å². The van der Waals surface area contributed by atoms with Gasteiger partial charge in [-0.3, -0.25) is 4.99 Å². The van der Waals surface area contributed by atoms with Crippen LogP contribution >= 0.6 is 0 Å². The largest absolute Gasteiger partial charge is 0.493 e. The van der Waals surface area contributed by atoms with Crippen molar-refractivity contribution in [3.8, 4) is 11.5 Å². The monoisotopic (exact) mass is 521 g/mol. The van der Waals surface area contributed by atoms with Gasteiger partial charge >= 0.3 is 5.97 Å². The molecule has 0 aromatic heterocycles. The van der Waals surface area contributed by atoms with Crippen molar-refractivity contribution in [2.24, 2.45) is 4.99 Å². The number of hydrogen-bond donors (Lipinski definition) is 1. The third kappa shape index (κ3) is 12.9. The van der Waals surface area contributed by atoms with E-state index in [0.29, 0.717) is 23.8 Å². The van der Waals surface area contributed by atoms with E-state index in [0.717, 1.165) is 12.0 Å². The lowest BCUT2D eigenvalue weighted by atomic mass is 10.1. The number of methoxy groups -OCH3 is 1. The van der Waals surface area contributed by atoms with Gasteiger partial charge in [-0.25, -0.2) is 4.79 Å². The van der Waals surface area contributed by atoms with Crippen LogP contribution in [0.1, 0.15) is 113 Å². The Balaban J connectivity index is 1.58. The highest BCUT2D eigenvalue weighted by atomic mass is 16.5. The summed E-state index contributed by atoms with van der Waals surface area (Å²) < 4.78 is 11.5. The summed E-state index contributed by atoms with van der Waals surface area (Å²) in [7, 11) is 1.62. The first-order chi connectivity index (χ1) is 18.7. The topological polar surface area (TPSA) is 68.1 Å². The molecular weight excluding hydrogens is 474 g/mol. The standard InChI is InChI=1S/C33H47NO4/c1-3-4-5-6-7-8-9-10-11-12-13-14-15-16-17-20-25-38-31-24-23-28(26-32(31)37-2)27-34-30-22-19-18-21-29(30)33(35)36/h10-11,18-19,21-24,26-27H,3-9,12-17,20,25H2,1-2H3,(H,35,36)/b11-10-,34-27?. The van der Waals surface area contributed by atoms with E-state index in [1.165, 1.54) is 83.5 Å². The zero-order valence-corrected chi connectivity index (χ0v) is 23.5. The molecular formula is C33H47NO4. The summed E-state index contributed by atoms with van der Waals surface area (Å²) in [6, 6.07) is 12.3. The minimum Gasteiger partial charge on any atom is -0.493 e. The fourth-order valence-corrected chi connectivity index (χ4v) is 4.33. The minimum atomic E-state index is -0.995. The molecule has 0 amide bonds. The maximum absolute atomic E-state index is 11.4. The Labute approximate surface area is 230 Å². The second-order valence-electron chi connectivity index (χ2n) is 9.78. The lowest BCUT2D eigenvalue weighted by Gasteiger charge is -2.11. The zero-order valence-electron chi connectivity index (χ0n) is 23.5. The molecule has 0 saturated heterocycles. The van der Waals surface area contributed by atoms with Crippen LogP contribution in [0.25, 0.3) is 0 Å². The molecule has 38 heavy (non-hydrogen) atoms. The first-order valence-corrected chi connectivity index (χ1v) is 14.5. The van der Waals surface area contributed by atoms with E-state index in [2.05, 4.69) is 24.1 Å². The Hall–Kier alpha value is -3.08. The van der Waals surface area contributed by atoms with Crippen molar-refractivity contribution in [1.82, 2.24) is 0 Å². The first kappa shape index (κ1) is 31.1. The van der Waals surface area contributed by atoms with Gasteiger partial charge in [0.1, 0.15) is 0 Å². The lowest BCUT2D eigenvalue weighted by molar-refractivity contribution is 0.0698. The summed E-state index contributed by atoms with van der Waals surface area (Å²) in [4.78, 5) is 15.7. The predicted octanol–water partition coefficient (Wildman–Crippen LogP) is 9.56. The van der Waals surface area contributed by atoms with Crippen LogP contribution in [0.2, 0.25) is 0 Å². The van der Waals surface area contributed by atoms with Gasteiger partial charge in [-0.15, -0.1) is 0 Å². The Morgan fingerprint density at radius 1 is 0.816 bits per heavy atom. The summed E-state index contributed by atoms with van der Waals surface area (Å²) >= 11 is 0. The van der Waals surface area contributed by atoms with Crippen LogP contribution in [-0.4, -0.2) is 31.0 Å². The predicted molar refractivity (Wildman–Crippen MR) is 159 cm³/mol. The molecule has 0 aliphatic carbocycles. The summed E-state index contributed by atoms with van der Waals surface area (Å²) in [6.07, 6.45) is 24.4. The molecule has 0 aliphatic heterocycles. The Morgan fingerprint density at radius 3 is 2.11 bits per heavy atom. The van der Waals surface area contributed by atoms with Gasteiger partial charge < -0.3 is 14.6 Å². The molecule has 0 radical (unpaired) electrons. The fourth-order valence-electron chi connectivity index (χ4n) is 4.33. The molecule has 2 rings (SSSR count). The molecule has 0 bridgehead atoms. The van der Waals surface area contributed by atoms with Crippen molar-refractivity contribution in [2.75, 3.05) is 13.7 Å². The Morgan fingerprint density at radius 2 is 1.45 bits per heavy atom. The molecule has 0 fully saturated rings. The number of carbonyl (C=O) groups is 1. The van der Waals surface area contributed by atoms with Gasteiger partial charge in [-0.05, 0) is 68.0 Å². The average molecular weight is 522 g/mol. The van der Waals surface area contributed by atoms with Crippen LogP contribution in [-0.2, 0) is 0 Å². The van der Waals surface area contributed by atoms with Gasteiger partial charge in [0.2, 0.25) is 0 Å². The van der Waals surface area contributed by atoms with Crippen LogP contribution in [0.15, 0.2) is 59.6 Å². The Kier molecular flexibility index (Phi) is 16.4. The van der Waals surface area contributed by atoms with E-state index in [4.69, 9.17) is 9.47 Å². The smallest absolute Gasteiger partial charge is 0.337 e. The van der Waals surface area contributed by atoms with Crippen LogP contribution in [0, 0.1) is 0 Å². The molecule has 0 spiro atoms. The molecule has 5 heteroatoms. The molecule has 0 atom stereocenters. The maximum Gasteiger partial charge on any atom is 0.337 e. The van der Waals surface area contributed by atoms with Gasteiger partial charge in [0.25, 0.3) is 0 Å². The average Bonchev–Trinajstić information content (AvgIpc) is 2.94. The van der Waals surface area contributed by atoms with Gasteiger partial charge in [0, 0.05) is 6.21 Å². The summed E-state index contributed by atoms with van der Waals surface area (Å²) in [5, 5.41) is 9.31. The number of carboxylic acid groups (broad SMARTS) is 1. The highest BCUT2D eigenvalue weighted by molar-refractivity contribution is 5.95. The van der Waals surface area contributed by atoms with Crippen LogP contribution in [0.5, 0.6) is 11.5 Å². The van der Waals surface area contributed by atoms with Crippen molar-refractivity contribution in [3.63, 3.8) is 0 Å². The normalized spacial score (nSPS) is 11.4. The number of carboxylic acids is 1. The first-order valence-electron chi connectivity index (χ1n) is 14.5. The second-order valence-corrected chi connectivity index (χ2v) is 9.78. The number of aromatic carboxylic acids is 1. The molecule has 208 valence electrons. The second kappa shape index (κ2) is 20.0. The summed E-state index contributed by atoms with van der Waals surface area (Å²) in [5.41, 5.74) is 1.40. The third-order valence-electron chi connectivity index (χ3n) is 6.59. The van der Waals surface area contributed by atoms with E-state index in [1.807, 2.05) is 18.2 Å². The summed E-state index contributed by atoms with van der Waals surface area (Å²) in [6.45, 7) is 2.93. The van der Waals surface area contributed by atoms with Crippen molar-refractivity contribution < 1.29 is 19.4 Å². The van der Waals surface area contributed by atoms with Gasteiger partial charge in [-0.2, -0.15) is 0 Å². The number of ether oxygens (including phenoxy) is 2. The quantitative estimate of drug-likeness (QED) is 0.101. The van der Waals surface area contributed by atoms with Crippen molar-refractivity contribution in [1.29, 1.82) is 0 Å². The number of unbranched alkanes of at least 4 members (excludes halogenated alkanes) is 12. The van der Waals surface area contributed by atoms with Crippen LogP contribution in [0.4, 0.5) is 5.69 Å². The van der Waals surface area contributed by atoms with E-state index in [9.17, 15) is 9.90 Å². The molecule has 0 aliphatic rings. The molecule has 5 nitrogen and oxygen atoms in total. The van der Waals surface area contributed by atoms with Gasteiger partial charge in [-0.1, -0.05) is 89.0 Å². The van der Waals surface area contributed by atoms with E-state index >= 15 is 0 Å². The molecule has 0 unspecified atom stereocenters. The van der Waals surface area contributed by atoms with Crippen LogP contribution in [0.3, 0.4) is 0 Å². The fraction of sp³-hybridized carbons (Fsp3) is 0.515. The third-order valence-corrected chi connectivity index (χ3v) is 6.59. The van der Waals surface area contributed by atoms with Crippen molar-refractivity contribution in [2.45, 2.75) is 96.8 Å². The van der Waals surface area contributed by atoms with Gasteiger partial charge in [0.05, 0.1) is 25.0 Å². The SMILES string of the molecule is CCCCCCCC/C=C\CCCCCCCCOc1ccc(C=Nc2ccccc2C(=O)O)cc1OC. The molecule has 2 aromatic carbocycles.